The minimum atomic E-state index is 0.851. The van der Waals surface area contributed by atoms with E-state index in [-0.39, 0.29) is 0 Å². The van der Waals surface area contributed by atoms with Crippen LogP contribution in [0.5, 0.6) is 0 Å². The molecule has 0 atom stereocenters. The first-order valence-corrected chi connectivity index (χ1v) is 5.28. The number of pyridine rings is 1. The third-order valence-electron chi connectivity index (χ3n) is 2.20. The van der Waals surface area contributed by atoms with Gasteiger partial charge in [-0.05, 0) is 18.6 Å². The van der Waals surface area contributed by atoms with Crippen LogP contribution in [0.25, 0.3) is 0 Å². The Morgan fingerprint density at radius 1 is 1.29 bits per heavy atom. The van der Waals surface area contributed by atoms with Crippen molar-refractivity contribution in [1.82, 2.24) is 4.98 Å². The van der Waals surface area contributed by atoms with Gasteiger partial charge in [0, 0.05) is 12.7 Å². The second-order valence-electron chi connectivity index (χ2n) is 3.44. The van der Waals surface area contributed by atoms with Crippen molar-refractivity contribution in [3.8, 4) is 0 Å². The van der Waals surface area contributed by atoms with Gasteiger partial charge in [-0.1, -0.05) is 32.3 Å². The number of rotatable bonds is 6. The van der Waals surface area contributed by atoms with E-state index >= 15 is 0 Å². The predicted octanol–water partition coefficient (Wildman–Crippen LogP) is 2.34. The van der Waals surface area contributed by atoms with Crippen LogP contribution in [0.3, 0.4) is 0 Å². The SMILES string of the molecule is CCCCCCN(N)c1ccccn1. The topological polar surface area (TPSA) is 42.1 Å². The molecular weight excluding hydrogens is 174 g/mol. The first-order chi connectivity index (χ1) is 6.84. The molecule has 0 saturated heterocycles. The predicted molar refractivity (Wildman–Crippen MR) is 59.9 cm³/mol. The van der Waals surface area contributed by atoms with Crippen LogP contribution >= 0.6 is 0 Å². The van der Waals surface area contributed by atoms with Crippen molar-refractivity contribution < 1.29 is 0 Å². The van der Waals surface area contributed by atoms with Gasteiger partial charge in [0.05, 0.1) is 0 Å². The van der Waals surface area contributed by atoms with Gasteiger partial charge in [0.25, 0.3) is 0 Å². The molecule has 78 valence electrons. The molecule has 3 nitrogen and oxygen atoms in total. The van der Waals surface area contributed by atoms with Crippen molar-refractivity contribution in [2.24, 2.45) is 5.84 Å². The second-order valence-corrected chi connectivity index (χ2v) is 3.44. The van der Waals surface area contributed by atoms with E-state index in [1.807, 2.05) is 18.2 Å². The molecule has 0 aliphatic carbocycles. The molecule has 2 N–H and O–H groups in total. The lowest BCUT2D eigenvalue weighted by Gasteiger charge is -2.16. The smallest absolute Gasteiger partial charge is 0.142 e. The number of unbranched alkanes of at least 4 members (excludes halogenated alkanes) is 3. The summed E-state index contributed by atoms with van der Waals surface area (Å²) >= 11 is 0. The zero-order valence-electron chi connectivity index (χ0n) is 8.82. The van der Waals surface area contributed by atoms with Crippen LogP contribution in [0.1, 0.15) is 32.6 Å². The molecule has 0 fully saturated rings. The maximum absolute atomic E-state index is 5.85. The van der Waals surface area contributed by atoms with E-state index in [1.54, 1.807) is 11.2 Å². The molecule has 1 rings (SSSR count). The zero-order valence-corrected chi connectivity index (χ0v) is 8.82. The number of nitrogens with two attached hydrogens (primary N) is 1. The standard InChI is InChI=1S/C11H19N3/c1-2-3-4-7-10-14(12)11-8-5-6-9-13-11/h5-6,8-9H,2-4,7,10,12H2,1H3. The lowest BCUT2D eigenvalue weighted by molar-refractivity contribution is 0.648. The van der Waals surface area contributed by atoms with Gasteiger partial charge in [-0.15, -0.1) is 0 Å². The van der Waals surface area contributed by atoms with E-state index in [9.17, 15) is 0 Å². The summed E-state index contributed by atoms with van der Waals surface area (Å²) in [6, 6.07) is 5.78. The number of aromatic nitrogens is 1. The lowest BCUT2D eigenvalue weighted by atomic mass is 10.2. The Balaban J connectivity index is 2.25. The van der Waals surface area contributed by atoms with Gasteiger partial charge in [-0.2, -0.15) is 0 Å². The van der Waals surface area contributed by atoms with Crippen molar-refractivity contribution in [3.63, 3.8) is 0 Å². The highest BCUT2D eigenvalue weighted by Gasteiger charge is 2.00. The molecule has 14 heavy (non-hydrogen) atoms. The highest BCUT2D eigenvalue weighted by molar-refractivity contribution is 5.34. The Kier molecular flexibility index (Phi) is 5.00. The third kappa shape index (κ3) is 3.75. The lowest BCUT2D eigenvalue weighted by Crippen LogP contribution is -2.32. The average Bonchev–Trinajstić information content (AvgIpc) is 2.25. The molecule has 0 aliphatic rings. The zero-order chi connectivity index (χ0) is 10.2. The summed E-state index contributed by atoms with van der Waals surface area (Å²) < 4.78 is 0. The van der Waals surface area contributed by atoms with Crippen molar-refractivity contribution in [2.45, 2.75) is 32.6 Å². The van der Waals surface area contributed by atoms with Crippen LogP contribution in [-0.2, 0) is 0 Å². The third-order valence-corrected chi connectivity index (χ3v) is 2.20. The van der Waals surface area contributed by atoms with E-state index in [2.05, 4.69) is 11.9 Å². The molecule has 0 unspecified atom stereocenters. The Hall–Kier alpha value is -1.09. The first kappa shape index (κ1) is 11.0. The maximum Gasteiger partial charge on any atom is 0.142 e. The second kappa shape index (κ2) is 6.38. The highest BCUT2D eigenvalue weighted by Crippen LogP contribution is 2.06. The molecule has 0 aliphatic heterocycles. The summed E-state index contributed by atoms with van der Waals surface area (Å²) in [6.07, 6.45) is 6.70. The van der Waals surface area contributed by atoms with Gasteiger partial charge in [0.1, 0.15) is 5.82 Å². The molecule has 1 heterocycles. The van der Waals surface area contributed by atoms with E-state index < -0.39 is 0 Å². The fourth-order valence-corrected chi connectivity index (χ4v) is 1.35. The summed E-state index contributed by atoms with van der Waals surface area (Å²) in [7, 11) is 0. The fraction of sp³-hybridized carbons (Fsp3) is 0.545. The molecule has 0 radical (unpaired) electrons. The normalized spacial score (nSPS) is 10.1. The Bertz CT molecular complexity index is 236. The van der Waals surface area contributed by atoms with Gasteiger partial charge in [-0.25, -0.2) is 10.8 Å². The van der Waals surface area contributed by atoms with E-state index in [0.717, 1.165) is 18.8 Å². The Morgan fingerprint density at radius 2 is 2.14 bits per heavy atom. The largest absolute Gasteiger partial charge is 0.295 e. The molecule has 0 bridgehead atoms. The van der Waals surface area contributed by atoms with Crippen LogP contribution in [0.2, 0.25) is 0 Å². The van der Waals surface area contributed by atoms with Crippen molar-refractivity contribution in [2.75, 3.05) is 11.6 Å². The van der Waals surface area contributed by atoms with E-state index in [0.29, 0.717) is 0 Å². The fourth-order valence-electron chi connectivity index (χ4n) is 1.35. The monoisotopic (exact) mass is 193 g/mol. The number of nitrogens with zero attached hydrogens (tertiary/aromatic N) is 2. The Morgan fingerprint density at radius 3 is 2.79 bits per heavy atom. The molecule has 3 heteroatoms. The molecule has 1 aromatic rings. The van der Waals surface area contributed by atoms with Gasteiger partial charge in [-0.3, -0.25) is 5.01 Å². The molecule has 0 saturated carbocycles. The minimum absolute atomic E-state index is 0.851. The summed E-state index contributed by atoms with van der Waals surface area (Å²) in [5, 5.41) is 1.72. The van der Waals surface area contributed by atoms with E-state index in [1.165, 1.54) is 19.3 Å². The van der Waals surface area contributed by atoms with Crippen molar-refractivity contribution in [3.05, 3.63) is 24.4 Å². The molecule has 1 aromatic heterocycles. The number of hydrogen-bond acceptors (Lipinski definition) is 3. The summed E-state index contributed by atoms with van der Waals surface area (Å²) in [5.74, 6) is 6.70. The number of anilines is 1. The van der Waals surface area contributed by atoms with Crippen LogP contribution in [0.4, 0.5) is 5.82 Å². The van der Waals surface area contributed by atoms with Gasteiger partial charge < -0.3 is 0 Å². The Labute approximate surface area is 85.9 Å². The van der Waals surface area contributed by atoms with Gasteiger partial charge in [0.15, 0.2) is 0 Å². The molecule has 0 aromatic carbocycles. The van der Waals surface area contributed by atoms with Crippen molar-refractivity contribution in [1.29, 1.82) is 0 Å². The molecule has 0 amide bonds. The quantitative estimate of drug-likeness (QED) is 0.428. The summed E-state index contributed by atoms with van der Waals surface area (Å²) in [5.41, 5.74) is 0. The number of hydrazine groups is 1. The van der Waals surface area contributed by atoms with E-state index in [4.69, 9.17) is 5.84 Å². The first-order valence-electron chi connectivity index (χ1n) is 5.28. The van der Waals surface area contributed by atoms with Gasteiger partial charge >= 0.3 is 0 Å². The maximum atomic E-state index is 5.85. The molecule has 0 spiro atoms. The van der Waals surface area contributed by atoms with Crippen LogP contribution < -0.4 is 10.9 Å². The summed E-state index contributed by atoms with van der Waals surface area (Å²) in [6.45, 7) is 3.09. The molecular formula is C11H19N3. The highest BCUT2D eigenvalue weighted by atomic mass is 15.4. The summed E-state index contributed by atoms with van der Waals surface area (Å²) in [4.78, 5) is 4.18. The van der Waals surface area contributed by atoms with Crippen LogP contribution in [0.15, 0.2) is 24.4 Å². The van der Waals surface area contributed by atoms with Gasteiger partial charge in [0.2, 0.25) is 0 Å². The van der Waals surface area contributed by atoms with Crippen molar-refractivity contribution >= 4 is 5.82 Å². The minimum Gasteiger partial charge on any atom is -0.295 e. The number of hydrogen-bond donors (Lipinski definition) is 1. The average molecular weight is 193 g/mol. The van der Waals surface area contributed by atoms with Crippen LogP contribution in [0, 0.1) is 0 Å². The van der Waals surface area contributed by atoms with Crippen LogP contribution in [-0.4, -0.2) is 11.5 Å².